The van der Waals surface area contributed by atoms with Crippen molar-refractivity contribution in [2.75, 3.05) is 26.2 Å². The van der Waals surface area contributed by atoms with Crippen LogP contribution in [0.1, 0.15) is 33.6 Å². The number of nitrogens with one attached hydrogen (secondary N) is 1. The topological polar surface area (TPSA) is 79.0 Å². The van der Waals surface area contributed by atoms with Crippen LogP contribution in [0, 0.1) is 5.92 Å². The summed E-state index contributed by atoms with van der Waals surface area (Å²) in [6, 6.07) is -0.502. The van der Waals surface area contributed by atoms with Crippen molar-refractivity contribution < 1.29 is 19.1 Å². The maximum atomic E-state index is 12.7. The fraction of sp³-hybridized carbons (Fsp3) is 0.706. The maximum Gasteiger partial charge on any atom is 0.410 e. The molecule has 0 saturated carbocycles. The van der Waals surface area contributed by atoms with Gasteiger partial charge in [-0.05, 0) is 25.7 Å². The molecule has 1 N–H and O–H groups in total. The van der Waals surface area contributed by atoms with E-state index in [1.165, 1.54) is 6.08 Å². The Morgan fingerprint density at radius 1 is 1.42 bits per heavy atom. The Kier molecular flexibility index (Phi) is 5.51. The number of rotatable bonds is 4. The largest absolute Gasteiger partial charge is 0.445 e. The van der Waals surface area contributed by atoms with Crippen LogP contribution in [0.3, 0.4) is 0 Å². The molecule has 1 spiro atoms. The number of hydrogen-bond acceptors (Lipinski definition) is 4. The molecule has 1 atom stereocenters. The van der Waals surface area contributed by atoms with Gasteiger partial charge in [0.25, 0.3) is 0 Å². The molecule has 0 aromatic carbocycles. The molecule has 3 amide bonds. The van der Waals surface area contributed by atoms with Crippen LogP contribution in [0.15, 0.2) is 12.7 Å². The summed E-state index contributed by atoms with van der Waals surface area (Å²) >= 11 is 0. The van der Waals surface area contributed by atoms with E-state index in [0.717, 1.165) is 0 Å². The van der Waals surface area contributed by atoms with Crippen molar-refractivity contribution in [3.05, 3.63) is 12.7 Å². The zero-order chi connectivity index (χ0) is 17.9. The van der Waals surface area contributed by atoms with Crippen LogP contribution in [0.2, 0.25) is 0 Å². The Balaban J connectivity index is 2.15. The van der Waals surface area contributed by atoms with E-state index in [2.05, 4.69) is 11.9 Å². The number of carbonyl (C=O) groups is 3. The van der Waals surface area contributed by atoms with Crippen molar-refractivity contribution in [3.8, 4) is 0 Å². The molecule has 2 rings (SSSR count). The number of nitrogens with zero attached hydrogens (tertiary/aromatic N) is 2. The minimum atomic E-state index is -0.858. The van der Waals surface area contributed by atoms with Crippen molar-refractivity contribution in [2.45, 2.75) is 45.2 Å². The van der Waals surface area contributed by atoms with E-state index in [9.17, 15) is 14.4 Å². The number of piperazine rings is 1. The average molecular weight is 337 g/mol. The zero-order valence-corrected chi connectivity index (χ0v) is 14.7. The van der Waals surface area contributed by atoms with Crippen LogP contribution >= 0.6 is 0 Å². The minimum absolute atomic E-state index is 0.0500. The minimum Gasteiger partial charge on any atom is -0.445 e. The lowest BCUT2D eigenvalue weighted by molar-refractivity contribution is -0.161. The van der Waals surface area contributed by atoms with Crippen LogP contribution in [-0.4, -0.2) is 65.5 Å². The van der Waals surface area contributed by atoms with Gasteiger partial charge in [-0.2, -0.15) is 0 Å². The van der Waals surface area contributed by atoms with E-state index in [1.807, 2.05) is 13.8 Å². The number of likely N-dealkylation sites (tertiary alicyclic amines) is 1. The Labute approximate surface area is 143 Å². The molecule has 2 heterocycles. The molecule has 2 saturated heterocycles. The summed E-state index contributed by atoms with van der Waals surface area (Å²) in [5.74, 6) is 0.0971. The molecule has 0 aromatic heterocycles. The van der Waals surface area contributed by atoms with Gasteiger partial charge in [0.2, 0.25) is 11.8 Å². The van der Waals surface area contributed by atoms with E-state index in [1.54, 1.807) is 16.7 Å². The summed E-state index contributed by atoms with van der Waals surface area (Å²) in [6.45, 7) is 10.8. The maximum absolute atomic E-state index is 12.7. The number of hydrogen-bond donors (Lipinski definition) is 1. The lowest BCUT2D eigenvalue weighted by Gasteiger charge is -2.51. The third kappa shape index (κ3) is 3.39. The fourth-order valence-electron chi connectivity index (χ4n) is 3.37. The molecule has 7 nitrogen and oxygen atoms in total. The number of carbonyl (C=O) groups excluding carboxylic acids is 3. The normalized spacial score (nSPS) is 23.4. The summed E-state index contributed by atoms with van der Waals surface area (Å²) < 4.78 is 5.05. The van der Waals surface area contributed by atoms with Crippen molar-refractivity contribution in [1.29, 1.82) is 0 Å². The second-order valence-electron chi connectivity index (χ2n) is 6.92. The zero-order valence-electron chi connectivity index (χ0n) is 14.7. The van der Waals surface area contributed by atoms with Crippen molar-refractivity contribution in [3.63, 3.8) is 0 Å². The Hall–Kier alpha value is -2.05. The quantitative estimate of drug-likeness (QED) is 0.781. The van der Waals surface area contributed by atoms with E-state index in [0.29, 0.717) is 32.5 Å². The Morgan fingerprint density at radius 2 is 2.04 bits per heavy atom. The first-order valence-electron chi connectivity index (χ1n) is 8.47. The van der Waals surface area contributed by atoms with Gasteiger partial charge in [0, 0.05) is 19.6 Å². The highest BCUT2D eigenvalue weighted by Gasteiger charge is 2.53. The Morgan fingerprint density at radius 3 is 2.58 bits per heavy atom. The number of ether oxygens (including phenoxy) is 1. The van der Waals surface area contributed by atoms with Gasteiger partial charge in [0.15, 0.2) is 0 Å². The van der Waals surface area contributed by atoms with Gasteiger partial charge in [0.1, 0.15) is 18.2 Å². The van der Waals surface area contributed by atoms with Gasteiger partial charge in [0.05, 0.1) is 0 Å². The molecule has 1 unspecified atom stereocenters. The average Bonchev–Trinajstić information content (AvgIpc) is 2.55. The van der Waals surface area contributed by atoms with Gasteiger partial charge < -0.3 is 19.9 Å². The highest BCUT2D eigenvalue weighted by atomic mass is 16.6. The molecule has 0 radical (unpaired) electrons. The first-order valence-corrected chi connectivity index (χ1v) is 8.47. The number of amides is 3. The van der Waals surface area contributed by atoms with Gasteiger partial charge in [-0.15, -0.1) is 0 Å². The molecule has 0 aromatic rings. The molecular weight excluding hydrogens is 310 g/mol. The van der Waals surface area contributed by atoms with Crippen molar-refractivity contribution >= 4 is 17.9 Å². The summed E-state index contributed by atoms with van der Waals surface area (Å²) in [4.78, 5) is 40.6. The standard InChI is InChI=1S/C17H27N3O4/c1-5-10-24-16(23)19-8-6-17(7-9-19)15(22)18-13(4)14(21)20(17)11-12(2)3/h5,12-13H,1,6-11H2,2-4H3,(H,18,22). The van der Waals surface area contributed by atoms with E-state index in [4.69, 9.17) is 4.74 Å². The fourth-order valence-corrected chi connectivity index (χ4v) is 3.37. The number of piperidine rings is 1. The molecule has 0 bridgehead atoms. The molecule has 0 aliphatic carbocycles. The lowest BCUT2D eigenvalue weighted by Crippen LogP contribution is -2.72. The highest BCUT2D eigenvalue weighted by molar-refractivity contribution is 5.99. The van der Waals surface area contributed by atoms with E-state index in [-0.39, 0.29) is 24.3 Å². The van der Waals surface area contributed by atoms with Crippen LogP contribution < -0.4 is 5.32 Å². The second kappa shape index (κ2) is 7.23. The lowest BCUT2D eigenvalue weighted by atomic mass is 9.81. The van der Waals surface area contributed by atoms with E-state index < -0.39 is 17.7 Å². The van der Waals surface area contributed by atoms with E-state index >= 15 is 0 Å². The third-order valence-corrected chi connectivity index (χ3v) is 4.64. The molecule has 7 heteroatoms. The predicted molar refractivity (Wildman–Crippen MR) is 89.2 cm³/mol. The van der Waals surface area contributed by atoms with Gasteiger partial charge in [-0.25, -0.2) is 4.79 Å². The summed E-state index contributed by atoms with van der Waals surface area (Å²) in [5, 5.41) is 2.79. The van der Waals surface area contributed by atoms with Crippen LogP contribution in [0.5, 0.6) is 0 Å². The molecule has 2 fully saturated rings. The highest BCUT2D eigenvalue weighted by Crippen LogP contribution is 2.33. The molecule has 24 heavy (non-hydrogen) atoms. The second-order valence-corrected chi connectivity index (χ2v) is 6.92. The molecule has 134 valence electrons. The summed E-state index contributed by atoms with van der Waals surface area (Å²) in [6.07, 6.45) is 1.96. The van der Waals surface area contributed by atoms with Crippen LogP contribution in [0.4, 0.5) is 4.79 Å². The molecule has 2 aliphatic heterocycles. The summed E-state index contributed by atoms with van der Waals surface area (Å²) in [7, 11) is 0. The third-order valence-electron chi connectivity index (χ3n) is 4.64. The van der Waals surface area contributed by atoms with Crippen molar-refractivity contribution in [1.82, 2.24) is 15.1 Å². The predicted octanol–water partition coefficient (Wildman–Crippen LogP) is 1.15. The molecular formula is C17H27N3O4. The SMILES string of the molecule is C=CCOC(=O)N1CCC2(CC1)C(=O)NC(C)C(=O)N2CC(C)C. The van der Waals surface area contributed by atoms with Crippen LogP contribution in [-0.2, 0) is 14.3 Å². The molecule has 2 aliphatic rings. The first-order chi connectivity index (χ1) is 11.3. The summed E-state index contributed by atoms with van der Waals surface area (Å²) in [5.41, 5.74) is -0.858. The smallest absolute Gasteiger partial charge is 0.410 e. The van der Waals surface area contributed by atoms with Gasteiger partial charge >= 0.3 is 6.09 Å². The van der Waals surface area contributed by atoms with Crippen molar-refractivity contribution in [2.24, 2.45) is 5.92 Å². The monoisotopic (exact) mass is 337 g/mol. The Bertz CT molecular complexity index is 524. The first kappa shape index (κ1) is 18.3. The van der Waals surface area contributed by atoms with Gasteiger partial charge in [-0.3, -0.25) is 9.59 Å². The van der Waals surface area contributed by atoms with Crippen LogP contribution in [0.25, 0.3) is 0 Å². The van der Waals surface area contributed by atoms with Gasteiger partial charge in [-0.1, -0.05) is 26.5 Å².